The van der Waals surface area contributed by atoms with E-state index in [9.17, 15) is 14.4 Å². The van der Waals surface area contributed by atoms with Gasteiger partial charge in [0.05, 0.1) is 11.4 Å². The van der Waals surface area contributed by atoms with Crippen LogP contribution in [0, 0.1) is 0 Å². The largest absolute Gasteiger partial charge is 0.343 e. The van der Waals surface area contributed by atoms with Crippen molar-refractivity contribution in [3.63, 3.8) is 0 Å². The molecule has 0 aliphatic heterocycles. The Kier molecular flexibility index (Phi) is 6.90. The third kappa shape index (κ3) is 5.16. The van der Waals surface area contributed by atoms with E-state index in [1.807, 2.05) is 13.0 Å². The fraction of sp³-hybridized carbons (Fsp3) is 0.200. The Morgan fingerprint density at radius 3 is 2.69 bits per heavy atom. The second-order valence-corrected chi connectivity index (χ2v) is 7.56. The minimum Gasteiger partial charge on any atom is -0.325 e. The molecule has 9 heteroatoms. The molecule has 0 fully saturated rings. The lowest BCUT2D eigenvalue weighted by Crippen LogP contribution is -2.19. The van der Waals surface area contributed by atoms with E-state index in [4.69, 9.17) is 11.6 Å². The average molecular weight is 431 g/mol. The summed E-state index contributed by atoms with van der Waals surface area (Å²) in [6.07, 6.45) is 0.773. The first-order chi connectivity index (χ1) is 14.0. The topological polar surface area (TPSA) is 96.8 Å². The number of ketones is 1. The van der Waals surface area contributed by atoms with E-state index in [1.165, 1.54) is 10.6 Å². The van der Waals surface area contributed by atoms with Crippen molar-refractivity contribution >= 4 is 40.7 Å². The van der Waals surface area contributed by atoms with Crippen LogP contribution in [0.5, 0.6) is 0 Å². The van der Waals surface area contributed by atoms with Crippen LogP contribution in [0.4, 0.5) is 5.69 Å². The van der Waals surface area contributed by atoms with Crippen LogP contribution in [0.25, 0.3) is 0 Å². The number of nitrogens with one attached hydrogen (secondary N) is 2. The molecule has 0 radical (unpaired) electrons. The maximum absolute atomic E-state index is 12.8. The number of thioether (sulfide) groups is 1. The third-order valence-electron chi connectivity index (χ3n) is 4.04. The molecular weight excluding hydrogens is 412 g/mol. The van der Waals surface area contributed by atoms with Crippen molar-refractivity contribution in [2.24, 2.45) is 0 Å². The Labute approximate surface area is 176 Å². The number of hydrogen-bond acceptors (Lipinski definition) is 5. The number of halogens is 1. The molecule has 3 aromatic rings. The van der Waals surface area contributed by atoms with Crippen LogP contribution < -0.4 is 11.0 Å². The zero-order valence-corrected chi connectivity index (χ0v) is 17.2. The molecular formula is C20H19ClN4O3S. The Morgan fingerprint density at radius 1 is 1.21 bits per heavy atom. The van der Waals surface area contributed by atoms with Gasteiger partial charge in [0.2, 0.25) is 5.91 Å². The summed E-state index contributed by atoms with van der Waals surface area (Å²) in [6, 6.07) is 13.5. The van der Waals surface area contributed by atoms with E-state index >= 15 is 0 Å². The molecule has 2 aromatic carbocycles. The number of rotatable bonds is 8. The van der Waals surface area contributed by atoms with Crippen LogP contribution >= 0.6 is 23.4 Å². The summed E-state index contributed by atoms with van der Waals surface area (Å²) in [6.45, 7) is 2.47. The van der Waals surface area contributed by atoms with Gasteiger partial charge >= 0.3 is 5.69 Å². The van der Waals surface area contributed by atoms with Crippen LogP contribution in [0.15, 0.2) is 58.5 Å². The van der Waals surface area contributed by atoms with E-state index in [2.05, 4.69) is 15.5 Å². The molecule has 1 heterocycles. The van der Waals surface area contributed by atoms with Crippen molar-refractivity contribution in [1.82, 2.24) is 14.8 Å². The Hall–Kier alpha value is -2.84. The quantitative estimate of drug-likeness (QED) is 0.420. The van der Waals surface area contributed by atoms with Crippen molar-refractivity contribution in [1.29, 1.82) is 0 Å². The van der Waals surface area contributed by atoms with Crippen LogP contribution in [-0.2, 0) is 11.3 Å². The van der Waals surface area contributed by atoms with Crippen molar-refractivity contribution in [3.8, 4) is 0 Å². The number of amides is 1. The van der Waals surface area contributed by atoms with Crippen LogP contribution in [-0.4, -0.2) is 32.2 Å². The van der Waals surface area contributed by atoms with E-state index in [0.29, 0.717) is 33.5 Å². The van der Waals surface area contributed by atoms with Gasteiger partial charge in [-0.05, 0) is 24.6 Å². The minimum absolute atomic E-state index is 0.0373. The molecule has 0 saturated heterocycles. The summed E-state index contributed by atoms with van der Waals surface area (Å²) < 4.78 is 1.49. The van der Waals surface area contributed by atoms with Crippen molar-refractivity contribution in [2.75, 3.05) is 11.1 Å². The summed E-state index contributed by atoms with van der Waals surface area (Å²) in [5, 5.41) is 9.94. The number of H-pyrrole nitrogens is 1. The second kappa shape index (κ2) is 9.58. The first-order valence-electron chi connectivity index (χ1n) is 8.96. The lowest BCUT2D eigenvalue weighted by Gasteiger charge is -2.11. The number of aromatic amines is 1. The average Bonchev–Trinajstić information content (AvgIpc) is 3.08. The predicted octanol–water partition coefficient (Wildman–Crippen LogP) is 3.60. The van der Waals surface area contributed by atoms with Crippen LogP contribution in [0.2, 0.25) is 5.02 Å². The molecule has 3 rings (SSSR count). The van der Waals surface area contributed by atoms with E-state index in [0.717, 1.165) is 18.2 Å². The molecule has 1 amide bonds. The highest BCUT2D eigenvalue weighted by Gasteiger charge is 2.17. The zero-order chi connectivity index (χ0) is 20.8. The fourth-order valence-corrected chi connectivity index (χ4v) is 3.65. The maximum atomic E-state index is 12.8. The van der Waals surface area contributed by atoms with Crippen molar-refractivity contribution < 1.29 is 9.59 Å². The number of anilines is 1. The summed E-state index contributed by atoms with van der Waals surface area (Å²) >= 11 is 7.21. The van der Waals surface area contributed by atoms with Gasteiger partial charge in [0, 0.05) is 22.7 Å². The molecule has 1 aromatic heterocycles. The molecule has 0 unspecified atom stereocenters. The number of aromatic nitrogens is 3. The number of benzene rings is 2. The molecule has 29 heavy (non-hydrogen) atoms. The SMILES string of the molecule is CCCn1c(SCC(=O)Nc2ccc(Cl)cc2C(=O)c2ccccc2)n[nH]c1=O. The molecule has 2 N–H and O–H groups in total. The van der Waals surface area contributed by atoms with Crippen LogP contribution in [0.1, 0.15) is 29.3 Å². The van der Waals surface area contributed by atoms with E-state index in [-0.39, 0.29) is 23.1 Å². The second-order valence-electron chi connectivity index (χ2n) is 6.18. The molecule has 150 valence electrons. The van der Waals surface area contributed by atoms with E-state index in [1.54, 1.807) is 36.4 Å². The zero-order valence-electron chi connectivity index (χ0n) is 15.6. The monoisotopic (exact) mass is 430 g/mol. The number of nitrogens with zero attached hydrogens (tertiary/aromatic N) is 2. The summed E-state index contributed by atoms with van der Waals surface area (Å²) in [4.78, 5) is 37.0. The van der Waals surface area contributed by atoms with Gasteiger partial charge in [-0.1, -0.05) is 60.6 Å². The van der Waals surface area contributed by atoms with Gasteiger partial charge in [0.25, 0.3) is 0 Å². The normalized spacial score (nSPS) is 10.7. The maximum Gasteiger partial charge on any atom is 0.343 e. The minimum atomic E-state index is -0.321. The number of carbonyl (C=O) groups excluding carboxylic acids is 2. The van der Waals surface area contributed by atoms with Crippen molar-refractivity contribution in [3.05, 3.63) is 75.2 Å². The highest BCUT2D eigenvalue weighted by Crippen LogP contribution is 2.24. The van der Waals surface area contributed by atoms with E-state index < -0.39 is 0 Å². The lowest BCUT2D eigenvalue weighted by molar-refractivity contribution is -0.113. The molecule has 7 nitrogen and oxygen atoms in total. The summed E-state index contributed by atoms with van der Waals surface area (Å²) in [5.41, 5.74) is 0.884. The Balaban J connectivity index is 1.74. The van der Waals surface area contributed by atoms with Gasteiger partial charge in [-0.25, -0.2) is 9.89 Å². The van der Waals surface area contributed by atoms with Gasteiger partial charge in [-0.15, -0.1) is 5.10 Å². The number of carbonyl (C=O) groups is 2. The molecule has 0 atom stereocenters. The van der Waals surface area contributed by atoms with Gasteiger partial charge < -0.3 is 5.32 Å². The van der Waals surface area contributed by atoms with Crippen LogP contribution in [0.3, 0.4) is 0 Å². The van der Waals surface area contributed by atoms with Gasteiger partial charge in [0.15, 0.2) is 10.9 Å². The lowest BCUT2D eigenvalue weighted by atomic mass is 10.0. The Bertz CT molecular complexity index is 1080. The molecule has 0 aliphatic carbocycles. The molecule has 0 aliphatic rings. The third-order valence-corrected chi connectivity index (χ3v) is 5.25. The first kappa shape index (κ1) is 20.9. The summed E-state index contributed by atoms with van der Waals surface area (Å²) in [7, 11) is 0. The first-order valence-corrected chi connectivity index (χ1v) is 10.3. The highest BCUT2D eigenvalue weighted by molar-refractivity contribution is 7.99. The van der Waals surface area contributed by atoms with Crippen molar-refractivity contribution in [2.45, 2.75) is 25.0 Å². The smallest absolute Gasteiger partial charge is 0.325 e. The standard InChI is InChI=1S/C20H19ClN4O3S/c1-2-10-25-19(28)23-24-20(25)29-12-17(26)22-16-9-8-14(21)11-15(16)18(27)13-6-4-3-5-7-13/h3-9,11H,2,10,12H2,1H3,(H,22,26)(H,23,28). The Morgan fingerprint density at radius 2 is 1.97 bits per heavy atom. The molecule has 0 spiro atoms. The highest BCUT2D eigenvalue weighted by atomic mass is 35.5. The fourth-order valence-electron chi connectivity index (χ4n) is 2.71. The molecule has 0 saturated carbocycles. The van der Waals surface area contributed by atoms with Gasteiger partial charge in [-0.3, -0.25) is 14.2 Å². The predicted molar refractivity (Wildman–Crippen MR) is 114 cm³/mol. The number of hydrogen-bond donors (Lipinski definition) is 2. The molecule has 0 bridgehead atoms. The van der Waals surface area contributed by atoms with Gasteiger partial charge in [-0.2, -0.15) is 0 Å². The summed E-state index contributed by atoms with van der Waals surface area (Å²) in [5.74, 6) is -0.520. The van der Waals surface area contributed by atoms with Gasteiger partial charge in [0.1, 0.15) is 0 Å².